The van der Waals surface area contributed by atoms with Crippen molar-refractivity contribution in [1.82, 2.24) is 25.1 Å². The molecule has 0 radical (unpaired) electrons. The van der Waals surface area contributed by atoms with Crippen LogP contribution in [0.15, 0.2) is 73.2 Å². The first kappa shape index (κ1) is 23.1. The number of nitrogens with zero attached hydrogens (tertiary/aromatic N) is 3. The van der Waals surface area contributed by atoms with E-state index in [9.17, 15) is 14.3 Å². The van der Waals surface area contributed by atoms with Crippen LogP contribution in [0.2, 0.25) is 0 Å². The third kappa shape index (κ3) is 4.17. The van der Waals surface area contributed by atoms with E-state index in [1.165, 1.54) is 12.1 Å². The van der Waals surface area contributed by atoms with Crippen molar-refractivity contribution in [1.29, 1.82) is 0 Å². The molecule has 7 rings (SSSR count). The zero-order valence-electron chi connectivity index (χ0n) is 20.7. The number of aromatic amines is 2. The number of aromatic hydroxyl groups is 1. The maximum absolute atomic E-state index is 14.0. The molecule has 0 aliphatic heterocycles. The van der Waals surface area contributed by atoms with Gasteiger partial charge in [-0.25, -0.2) is 9.37 Å². The number of halogens is 1. The molecule has 9 heteroatoms. The van der Waals surface area contributed by atoms with Crippen molar-refractivity contribution >= 4 is 33.5 Å². The first-order valence-electron chi connectivity index (χ1n) is 12.7. The predicted octanol–water partition coefficient (Wildman–Crippen LogP) is 6.42. The summed E-state index contributed by atoms with van der Waals surface area (Å²) in [4.78, 5) is 24.5. The highest BCUT2D eigenvalue weighted by molar-refractivity contribution is 6.01. The molecular formula is C30H23FN6O2. The highest BCUT2D eigenvalue weighted by Crippen LogP contribution is 2.36. The second-order valence-corrected chi connectivity index (χ2v) is 9.91. The van der Waals surface area contributed by atoms with E-state index in [-0.39, 0.29) is 17.6 Å². The van der Waals surface area contributed by atoms with E-state index in [0.717, 1.165) is 64.0 Å². The zero-order chi connectivity index (χ0) is 26.5. The number of hydrogen-bond acceptors (Lipinski definition) is 5. The second-order valence-electron chi connectivity index (χ2n) is 9.91. The molecule has 8 nitrogen and oxygen atoms in total. The lowest BCUT2D eigenvalue weighted by Gasteiger charge is -2.24. The number of phenolic OH excluding ortho intramolecular Hbond substituents is 1. The molecule has 1 saturated carbocycles. The third-order valence-corrected chi connectivity index (χ3v) is 7.36. The number of phenols is 1. The van der Waals surface area contributed by atoms with Gasteiger partial charge in [-0.2, -0.15) is 5.10 Å². The lowest BCUT2D eigenvalue weighted by molar-refractivity contribution is -0.122. The fourth-order valence-electron chi connectivity index (χ4n) is 5.12. The van der Waals surface area contributed by atoms with Crippen LogP contribution < -0.4 is 5.32 Å². The minimum Gasteiger partial charge on any atom is -0.508 e. The molecule has 2 aromatic carbocycles. The number of carbonyl (C=O) groups excluding carboxylic acids is 1. The standard InChI is InChI=1S/C30H23FN6O2/c31-20-8-18(10-22(38)12-20)23-6-7-33-29-24(23)13-27(35-29)28-25-11-17(4-5-26(25)36-37-28)19-9-21(15-32-14-19)34-30(39)16-2-1-3-16/h4-16,38H,1-3H2,(H,33,35)(H,34,39)(H,36,37). The van der Waals surface area contributed by atoms with Gasteiger partial charge in [-0.15, -0.1) is 0 Å². The Bertz CT molecular complexity index is 1870. The number of hydrogen-bond donors (Lipinski definition) is 4. The number of H-pyrrole nitrogens is 2. The summed E-state index contributed by atoms with van der Waals surface area (Å²) in [7, 11) is 0. The van der Waals surface area contributed by atoms with E-state index >= 15 is 0 Å². The van der Waals surface area contributed by atoms with Crippen LogP contribution >= 0.6 is 0 Å². The summed E-state index contributed by atoms with van der Waals surface area (Å²) < 4.78 is 14.0. The summed E-state index contributed by atoms with van der Waals surface area (Å²) in [5, 5.41) is 22.2. The number of carbonyl (C=O) groups is 1. The second kappa shape index (κ2) is 9.05. The Balaban J connectivity index is 1.27. The minimum absolute atomic E-state index is 0.0491. The summed E-state index contributed by atoms with van der Waals surface area (Å²) in [5.41, 5.74) is 6.71. The normalized spacial score (nSPS) is 13.6. The van der Waals surface area contributed by atoms with Gasteiger partial charge in [0.1, 0.15) is 22.9 Å². The number of pyridine rings is 2. The minimum atomic E-state index is -0.516. The van der Waals surface area contributed by atoms with Crippen LogP contribution in [0, 0.1) is 11.7 Å². The maximum atomic E-state index is 14.0. The largest absolute Gasteiger partial charge is 0.508 e. The first-order valence-corrected chi connectivity index (χ1v) is 12.7. The van der Waals surface area contributed by atoms with E-state index in [4.69, 9.17) is 0 Å². The molecule has 6 aromatic rings. The molecule has 4 aromatic heterocycles. The molecule has 0 spiro atoms. The van der Waals surface area contributed by atoms with Gasteiger partial charge in [-0.1, -0.05) is 12.5 Å². The van der Waals surface area contributed by atoms with Crippen LogP contribution in [0.4, 0.5) is 10.1 Å². The zero-order valence-corrected chi connectivity index (χ0v) is 20.7. The molecule has 1 aliphatic carbocycles. The molecule has 1 aliphatic rings. The van der Waals surface area contributed by atoms with E-state index in [2.05, 4.69) is 30.5 Å². The van der Waals surface area contributed by atoms with Crippen molar-refractivity contribution in [3.8, 4) is 39.4 Å². The number of fused-ring (bicyclic) bond motifs is 2. The van der Waals surface area contributed by atoms with E-state index in [1.807, 2.05) is 30.3 Å². The van der Waals surface area contributed by atoms with Gasteiger partial charge in [0.25, 0.3) is 0 Å². The van der Waals surface area contributed by atoms with Crippen LogP contribution in [0.3, 0.4) is 0 Å². The summed E-state index contributed by atoms with van der Waals surface area (Å²) >= 11 is 0. The Labute approximate surface area is 222 Å². The Kier molecular flexibility index (Phi) is 5.36. The summed E-state index contributed by atoms with van der Waals surface area (Å²) in [6, 6.07) is 15.6. The Morgan fingerprint density at radius 2 is 1.87 bits per heavy atom. The molecule has 192 valence electrons. The quantitative estimate of drug-likeness (QED) is 0.210. The predicted molar refractivity (Wildman–Crippen MR) is 147 cm³/mol. The van der Waals surface area contributed by atoms with Gasteiger partial charge in [0, 0.05) is 40.7 Å². The van der Waals surface area contributed by atoms with Crippen LogP contribution in [-0.4, -0.2) is 36.2 Å². The molecule has 4 N–H and O–H groups in total. The van der Waals surface area contributed by atoms with Gasteiger partial charge in [0.2, 0.25) is 5.91 Å². The average Bonchev–Trinajstić information content (AvgIpc) is 3.50. The molecule has 0 saturated heterocycles. The van der Waals surface area contributed by atoms with Crippen molar-refractivity contribution in [2.24, 2.45) is 5.92 Å². The van der Waals surface area contributed by atoms with Crippen molar-refractivity contribution in [3.63, 3.8) is 0 Å². The molecule has 1 fully saturated rings. The van der Waals surface area contributed by atoms with Gasteiger partial charge >= 0.3 is 0 Å². The van der Waals surface area contributed by atoms with Crippen LogP contribution in [0.25, 0.3) is 55.6 Å². The molecule has 0 unspecified atom stereocenters. The van der Waals surface area contributed by atoms with Crippen LogP contribution in [0.5, 0.6) is 5.75 Å². The molecule has 39 heavy (non-hydrogen) atoms. The molecular weight excluding hydrogens is 495 g/mol. The Hall–Kier alpha value is -5.05. The first-order chi connectivity index (χ1) is 19.0. The molecule has 4 heterocycles. The number of anilines is 1. The van der Waals surface area contributed by atoms with E-state index < -0.39 is 5.82 Å². The number of benzene rings is 2. The molecule has 0 bridgehead atoms. The topological polar surface area (TPSA) is 120 Å². The summed E-state index contributed by atoms with van der Waals surface area (Å²) in [6.07, 6.45) is 8.06. The molecule has 1 amide bonds. The number of rotatable bonds is 5. The van der Waals surface area contributed by atoms with Crippen LogP contribution in [-0.2, 0) is 4.79 Å². The lowest BCUT2D eigenvalue weighted by Crippen LogP contribution is -2.28. The maximum Gasteiger partial charge on any atom is 0.227 e. The number of amides is 1. The lowest BCUT2D eigenvalue weighted by atomic mass is 9.85. The summed E-state index contributed by atoms with van der Waals surface area (Å²) in [5.74, 6) is -0.514. The number of nitrogens with one attached hydrogen (secondary N) is 3. The monoisotopic (exact) mass is 518 g/mol. The highest BCUT2D eigenvalue weighted by atomic mass is 19.1. The third-order valence-electron chi connectivity index (χ3n) is 7.36. The number of aromatic nitrogens is 5. The fourth-order valence-corrected chi connectivity index (χ4v) is 5.12. The highest BCUT2D eigenvalue weighted by Gasteiger charge is 2.25. The van der Waals surface area contributed by atoms with Gasteiger partial charge in [-0.3, -0.25) is 14.9 Å². The van der Waals surface area contributed by atoms with Gasteiger partial charge in [0.15, 0.2) is 0 Å². The van der Waals surface area contributed by atoms with Crippen molar-refractivity contribution in [2.75, 3.05) is 5.32 Å². The fraction of sp³-hybridized carbons (Fsp3) is 0.133. The summed E-state index contributed by atoms with van der Waals surface area (Å²) in [6.45, 7) is 0. The van der Waals surface area contributed by atoms with Gasteiger partial charge < -0.3 is 15.4 Å². The van der Waals surface area contributed by atoms with Crippen molar-refractivity contribution < 1.29 is 14.3 Å². The Morgan fingerprint density at radius 1 is 0.974 bits per heavy atom. The smallest absolute Gasteiger partial charge is 0.227 e. The van der Waals surface area contributed by atoms with Gasteiger partial charge in [0.05, 0.1) is 23.1 Å². The average molecular weight is 519 g/mol. The van der Waals surface area contributed by atoms with Gasteiger partial charge in [-0.05, 0) is 72.0 Å². The SMILES string of the molecule is O=C(Nc1cncc(-c2ccc3[nH]nc(-c4cc5c(-c6cc(O)cc(F)c6)ccnc5[nH]4)c3c2)c1)C1CCC1. The molecule has 0 atom stereocenters. The van der Waals surface area contributed by atoms with Crippen molar-refractivity contribution in [2.45, 2.75) is 19.3 Å². The van der Waals surface area contributed by atoms with E-state index in [0.29, 0.717) is 22.6 Å². The van der Waals surface area contributed by atoms with Crippen molar-refractivity contribution in [3.05, 3.63) is 79.0 Å². The Morgan fingerprint density at radius 3 is 2.69 bits per heavy atom. The van der Waals surface area contributed by atoms with E-state index in [1.54, 1.807) is 24.7 Å². The van der Waals surface area contributed by atoms with Crippen LogP contribution in [0.1, 0.15) is 19.3 Å².